The van der Waals surface area contributed by atoms with Crippen molar-refractivity contribution in [1.82, 2.24) is 0 Å². The predicted octanol–water partition coefficient (Wildman–Crippen LogP) is 3.91. The van der Waals surface area contributed by atoms with E-state index in [2.05, 4.69) is 29.7 Å². The van der Waals surface area contributed by atoms with Gasteiger partial charge < -0.3 is 9.84 Å². The number of hydrogen-bond acceptors (Lipinski definition) is 3. The van der Waals surface area contributed by atoms with Crippen molar-refractivity contribution < 1.29 is 14.6 Å². The van der Waals surface area contributed by atoms with Crippen molar-refractivity contribution >= 4 is 40.9 Å². The molecular weight excluding hydrogens is 327 g/mol. The number of hydrogen-bond donors (Lipinski definition) is 1. The number of aliphatic carboxylic acids is 1. The van der Waals surface area contributed by atoms with E-state index < -0.39 is 5.97 Å². The molecule has 0 saturated heterocycles. The van der Waals surface area contributed by atoms with Gasteiger partial charge in [-0.15, -0.1) is 0 Å². The molecule has 5 nitrogen and oxygen atoms in total. The first-order valence-electron chi connectivity index (χ1n) is 6.21. The number of nitrogens with zero attached hydrogens (tertiary/aromatic N) is 2. The molecule has 0 heterocycles. The Morgan fingerprint density at radius 3 is 2.27 bits per heavy atom. The number of amidine groups is 1. The molecule has 0 rings (SSSR count). The molecular formula is C15H18Cl2N2O3. The van der Waals surface area contributed by atoms with Crippen LogP contribution in [0.4, 0.5) is 0 Å². The molecule has 0 aromatic carbocycles. The maximum absolute atomic E-state index is 11.0. The summed E-state index contributed by atoms with van der Waals surface area (Å²) in [5, 5.41) is 9.59. The Hall–Kier alpha value is -1.85. The van der Waals surface area contributed by atoms with Crippen LogP contribution >= 0.6 is 23.2 Å². The van der Waals surface area contributed by atoms with E-state index in [1.807, 2.05) is 0 Å². The molecule has 0 spiro atoms. The average Bonchev–Trinajstić information content (AvgIpc) is 2.41. The monoisotopic (exact) mass is 344 g/mol. The third-order valence-electron chi connectivity index (χ3n) is 2.25. The van der Waals surface area contributed by atoms with E-state index >= 15 is 0 Å². The molecule has 0 unspecified atom stereocenters. The lowest BCUT2D eigenvalue weighted by atomic mass is 10.1. The molecule has 0 aromatic rings. The summed E-state index contributed by atoms with van der Waals surface area (Å²) < 4.78 is 5.06. The standard InChI is InChI=1S/C15H18Cl2N2O3/c1-6-18-13(15(20)21)19-14(22-5)10(3)7-9(2)12(17)8-11(4)16/h8H,2-4,6-7H2,1,5H3,(H,20,21)/b12-8+,18-13?,19-14?. The maximum atomic E-state index is 11.0. The van der Waals surface area contributed by atoms with Gasteiger partial charge in [0.15, 0.2) is 0 Å². The Morgan fingerprint density at radius 1 is 1.27 bits per heavy atom. The van der Waals surface area contributed by atoms with Gasteiger partial charge in [0.1, 0.15) is 0 Å². The fraction of sp³-hybridized carbons (Fsp3) is 0.267. The highest BCUT2D eigenvalue weighted by Gasteiger charge is 2.14. The first-order valence-corrected chi connectivity index (χ1v) is 6.96. The molecule has 0 atom stereocenters. The Bertz CT molecular complexity index is 575. The van der Waals surface area contributed by atoms with Crippen molar-refractivity contribution in [3.8, 4) is 0 Å². The summed E-state index contributed by atoms with van der Waals surface area (Å²) in [6.45, 7) is 13.1. The third-order valence-corrected chi connectivity index (χ3v) is 2.74. The zero-order valence-corrected chi connectivity index (χ0v) is 14.0. The van der Waals surface area contributed by atoms with E-state index in [1.165, 1.54) is 13.2 Å². The van der Waals surface area contributed by atoms with Crippen molar-refractivity contribution in [3.05, 3.63) is 47.0 Å². The van der Waals surface area contributed by atoms with E-state index in [-0.39, 0.29) is 29.7 Å². The molecule has 0 bridgehead atoms. The zero-order chi connectivity index (χ0) is 17.3. The van der Waals surface area contributed by atoms with Crippen molar-refractivity contribution in [1.29, 1.82) is 0 Å². The molecule has 0 amide bonds. The van der Waals surface area contributed by atoms with Crippen molar-refractivity contribution in [2.45, 2.75) is 13.3 Å². The van der Waals surface area contributed by atoms with Crippen molar-refractivity contribution in [2.24, 2.45) is 9.98 Å². The summed E-state index contributed by atoms with van der Waals surface area (Å²) in [5.74, 6) is -1.56. The molecule has 1 N–H and O–H groups in total. The predicted molar refractivity (Wildman–Crippen MR) is 91.9 cm³/mol. The molecule has 0 radical (unpaired) electrons. The van der Waals surface area contributed by atoms with Crippen LogP contribution in [-0.4, -0.2) is 36.5 Å². The first kappa shape index (κ1) is 20.1. The molecule has 22 heavy (non-hydrogen) atoms. The van der Waals surface area contributed by atoms with E-state index in [4.69, 9.17) is 33.0 Å². The van der Waals surface area contributed by atoms with Crippen LogP contribution in [0.5, 0.6) is 0 Å². The number of carboxylic acids is 1. The van der Waals surface area contributed by atoms with Crippen molar-refractivity contribution in [3.63, 3.8) is 0 Å². The fourth-order valence-corrected chi connectivity index (χ4v) is 1.69. The molecule has 0 aliphatic rings. The first-order chi connectivity index (χ1) is 10.2. The number of carbonyl (C=O) groups is 1. The highest BCUT2D eigenvalue weighted by atomic mass is 35.5. The number of ether oxygens (including phenoxy) is 1. The van der Waals surface area contributed by atoms with Gasteiger partial charge in [-0.3, -0.25) is 4.99 Å². The van der Waals surface area contributed by atoms with Gasteiger partial charge in [0, 0.05) is 28.6 Å². The van der Waals surface area contributed by atoms with Crippen LogP contribution < -0.4 is 0 Å². The molecule has 0 saturated carbocycles. The lowest BCUT2D eigenvalue weighted by molar-refractivity contribution is -0.129. The van der Waals surface area contributed by atoms with Crippen LogP contribution in [0, 0.1) is 0 Å². The van der Waals surface area contributed by atoms with Crippen LogP contribution in [0.2, 0.25) is 0 Å². The summed E-state index contributed by atoms with van der Waals surface area (Å²) in [6.07, 6.45) is 1.68. The lowest BCUT2D eigenvalue weighted by Gasteiger charge is -2.10. The largest absolute Gasteiger partial charge is 0.481 e. The maximum Gasteiger partial charge on any atom is 0.373 e. The van der Waals surface area contributed by atoms with Crippen LogP contribution in [0.1, 0.15) is 13.3 Å². The van der Waals surface area contributed by atoms with Gasteiger partial charge in [-0.1, -0.05) is 42.9 Å². The highest BCUT2D eigenvalue weighted by molar-refractivity contribution is 6.37. The summed E-state index contributed by atoms with van der Waals surface area (Å²) in [4.78, 5) is 18.6. The molecule has 0 aliphatic carbocycles. The Morgan fingerprint density at radius 2 is 1.86 bits per heavy atom. The molecule has 0 aliphatic heterocycles. The highest BCUT2D eigenvalue weighted by Crippen LogP contribution is 2.23. The smallest absolute Gasteiger partial charge is 0.373 e. The van der Waals surface area contributed by atoms with Gasteiger partial charge in [-0.05, 0) is 18.6 Å². The number of rotatable bonds is 6. The Labute approximate surface area is 140 Å². The second-order valence-electron chi connectivity index (χ2n) is 4.05. The van der Waals surface area contributed by atoms with Crippen LogP contribution in [0.3, 0.4) is 0 Å². The minimum Gasteiger partial charge on any atom is -0.481 e. The lowest BCUT2D eigenvalue weighted by Crippen LogP contribution is -2.16. The Kier molecular flexibility index (Phi) is 9.13. The van der Waals surface area contributed by atoms with Gasteiger partial charge in [0.25, 0.3) is 0 Å². The Balaban J connectivity index is 5.23. The minimum absolute atomic E-state index is 0.0462. The third kappa shape index (κ3) is 7.24. The van der Waals surface area contributed by atoms with Crippen LogP contribution in [0.15, 0.2) is 57.0 Å². The topological polar surface area (TPSA) is 71.2 Å². The van der Waals surface area contributed by atoms with Gasteiger partial charge in [0.05, 0.1) is 7.11 Å². The van der Waals surface area contributed by atoms with Gasteiger partial charge in [0.2, 0.25) is 11.7 Å². The summed E-state index contributed by atoms with van der Waals surface area (Å²) >= 11 is 11.6. The summed E-state index contributed by atoms with van der Waals surface area (Å²) in [5.41, 5.74) is 0.923. The number of carboxylic acid groups (broad SMARTS) is 1. The van der Waals surface area contributed by atoms with Crippen molar-refractivity contribution in [2.75, 3.05) is 13.7 Å². The minimum atomic E-state index is -1.25. The zero-order valence-electron chi connectivity index (χ0n) is 12.5. The second-order valence-corrected chi connectivity index (χ2v) is 4.94. The number of halogens is 2. The number of allylic oxidation sites excluding steroid dienone is 4. The van der Waals surface area contributed by atoms with E-state index in [9.17, 15) is 4.79 Å². The molecule has 7 heteroatoms. The summed E-state index contributed by atoms with van der Waals surface area (Å²) in [6, 6.07) is 0. The quantitative estimate of drug-likeness (QED) is 0.451. The van der Waals surface area contributed by atoms with Crippen LogP contribution in [-0.2, 0) is 9.53 Å². The number of aliphatic imine (C=N–C) groups is 2. The van der Waals surface area contributed by atoms with Gasteiger partial charge in [-0.25, -0.2) is 4.79 Å². The van der Waals surface area contributed by atoms with E-state index in [0.29, 0.717) is 16.2 Å². The normalized spacial score (nSPS) is 12.8. The van der Waals surface area contributed by atoms with E-state index in [1.54, 1.807) is 6.92 Å². The average molecular weight is 345 g/mol. The fourth-order valence-electron chi connectivity index (χ4n) is 1.32. The molecule has 0 fully saturated rings. The summed E-state index contributed by atoms with van der Waals surface area (Å²) in [7, 11) is 1.36. The molecule has 120 valence electrons. The van der Waals surface area contributed by atoms with Gasteiger partial charge in [-0.2, -0.15) is 4.99 Å². The second kappa shape index (κ2) is 9.97. The van der Waals surface area contributed by atoms with Crippen LogP contribution in [0.25, 0.3) is 0 Å². The van der Waals surface area contributed by atoms with Gasteiger partial charge >= 0.3 is 5.97 Å². The number of methoxy groups -OCH3 is 1. The molecule has 0 aromatic heterocycles. The van der Waals surface area contributed by atoms with E-state index in [0.717, 1.165) is 0 Å². The SMILES string of the molecule is C=C(Cl)/C=C(/Cl)C(=C)CC(=C)C(=NC(=NCC)C(=O)O)OC.